The smallest absolute Gasteiger partial charge is 0.320 e. The molecule has 1 aliphatic heterocycles. The molecule has 0 bridgehead atoms. The van der Waals surface area contributed by atoms with Gasteiger partial charge in [0.1, 0.15) is 6.04 Å². The number of ether oxygens (including phenoxy) is 1. The predicted molar refractivity (Wildman–Crippen MR) is 59.3 cm³/mol. The molecule has 0 spiro atoms. The Labute approximate surface area is 98.1 Å². The van der Waals surface area contributed by atoms with Crippen LogP contribution in [0.25, 0.3) is 0 Å². The summed E-state index contributed by atoms with van der Waals surface area (Å²) in [5.74, 6) is -0.121. The zero-order chi connectivity index (χ0) is 12.3. The topological polar surface area (TPSA) is 107 Å². The molecule has 1 fully saturated rings. The zero-order valence-corrected chi connectivity index (χ0v) is 9.55. The number of likely N-dealkylation sites (N-methyl/N-ethyl adjacent to an activating group) is 1. The third kappa shape index (κ3) is 2.47. The summed E-state index contributed by atoms with van der Waals surface area (Å²) in [5, 5.41) is 10.1. The predicted octanol–water partition coefficient (Wildman–Crippen LogP) is -1.01. The highest BCUT2D eigenvalue weighted by molar-refractivity contribution is 5.84. The molecular formula is C9H15N5O3. The molecule has 0 radical (unpaired) electrons. The van der Waals surface area contributed by atoms with Gasteiger partial charge in [-0.05, 0) is 6.92 Å². The van der Waals surface area contributed by atoms with Crippen molar-refractivity contribution in [3.63, 3.8) is 0 Å². The highest BCUT2D eigenvalue weighted by Crippen LogP contribution is 2.18. The van der Waals surface area contributed by atoms with Crippen LogP contribution in [0.3, 0.4) is 0 Å². The molecule has 0 aromatic carbocycles. The van der Waals surface area contributed by atoms with Crippen LogP contribution in [0.15, 0.2) is 4.42 Å². The van der Waals surface area contributed by atoms with Crippen molar-refractivity contribution >= 4 is 17.9 Å². The van der Waals surface area contributed by atoms with E-state index < -0.39 is 6.04 Å². The van der Waals surface area contributed by atoms with Gasteiger partial charge in [0.05, 0.1) is 13.2 Å². The third-order valence-electron chi connectivity index (χ3n) is 2.46. The van der Waals surface area contributed by atoms with E-state index in [1.165, 1.54) is 0 Å². The van der Waals surface area contributed by atoms with E-state index in [2.05, 4.69) is 15.5 Å². The van der Waals surface area contributed by atoms with Gasteiger partial charge in [-0.2, -0.15) is 0 Å². The quantitative estimate of drug-likeness (QED) is 0.698. The first-order valence-electron chi connectivity index (χ1n) is 5.43. The van der Waals surface area contributed by atoms with Crippen LogP contribution in [-0.2, 0) is 9.53 Å². The van der Waals surface area contributed by atoms with Crippen molar-refractivity contribution < 1.29 is 13.9 Å². The van der Waals surface area contributed by atoms with Crippen LogP contribution in [0.1, 0.15) is 6.92 Å². The molecule has 94 valence electrons. The number of rotatable bonds is 3. The minimum absolute atomic E-state index is 0.0128. The molecular weight excluding hydrogens is 226 g/mol. The van der Waals surface area contributed by atoms with Gasteiger partial charge in [-0.3, -0.25) is 4.79 Å². The number of hydrogen-bond donors (Lipinski definition) is 2. The number of nitrogens with two attached hydrogens (primary N) is 1. The summed E-state index contributed by atoms with van der Waals surface area (Å²) < 4.78 is 10.4. The molecule has 2 heterocycles. The second-order valence-electron chi connectivity index (χ2n) is 3.60. The van der Waals surface area contributed by atoms with Crippen LogP contribution < -0.4 is 16.0 Å². The molecule has 1 aromatic rings. The van der Waals surface area contributed by atoms with Gasteiger partial charge < -0.3 is 25.1 Å². The van der Waals surface area contributed by atoms with Gasteiger partial charge in [0, 0.05) is 13.1 Å². The summed E-state index contributed by atoms with van der Waals surface area (Å²) in [5.41, 5.74) is 5.37. The number of hydrogen-bond acceptors (Lipinski definition) is 7. The highest BCUT2D eigenvalue weighted by Gasteiger charge is 2.32. The first-order valence-corrected chi connectivity index (χ1v) is 5.43. The van der Waals surface area contributed by atoms with E-state index in [0.29, 0.717) is 26.3 Å². The summed E-state index contributed by atoms with van der Waals surface area (Å²) >= 11 is 0. The summed E-state index contributed by atoms with van der Waals surface area (Å²) in [6.07, 6.45) is 0. The lowest BCUT2D eigenvalue weighted by atomic mass is 10.2. The van der Waals surface area contributed by atoms with Crippen LogP contribution in [0.5, 0.6) is 0 Å². The number of morpholine rings is 1. The van der Waals surface area contributed by atoms with E-state index in [4.69, 9.17) is 14.9 Å². The van der Waals surface area contributed by atoms with Crippen molar-refractivity contribution in [3.8, 4) is 0 Å². The Morgan fingerprint density at radius 3 is 3.12 bits per heavy atom. The molecule has 2 rings (SSSR count). The zero-order valence-electron chi connectivity index (χ0n) is 9.55. The number of carbonyl (C=O) groups is 1. The number of nitrogens with one attached hydrogen (secondary N) is 1. The fourth-order valence-corrected chi connectivity index (χ4v) is 1.68. The normalized spacial score (nSPS) is 20.3. The fourth-order valence-electron chi connectivity index (χ4n) is 1.68. The standard InChI is InChI=1S/C9H15N5O3/c1-2-11-7(15)6-5-16-4-3-14(6)9-13-12-8(10)17-9/h6H,2-5H2,1H3,(H2,10,12)(H,11,15). The Morgan fingerprint density at radius 2 is 2.47 bits per heavy atom. The molecule has 0 saturated carbocycles. The minimum Gasteiger partial charge on any atom is -0.390 e. The van der Waals surface area contributed by atoms with Crippen LogP contribution in [-0.4, -0.2) is 48.4 Å². The van der Waals surface area contributed by atoms with Crippen molar-refractivity contribution in [2.24, 2.45) is 0 Å². The maximum Gasteiger partial charge on any atom is 0.320 e. The summed E-state index contributed by atoms with van der Waals surface area (Å²) in [7, 11) is 0. The van der Waals surface area contributed by atoms with Gasteiger partial charge in [-0.1, -0.05) is 10.2 Å². The molecule has 1 atom stereocenters. The number of amides is 1. The maximum atomic E-state index is 11.8. The first kappa shape index (κ1) is 11.6. The molecule has 1 saturated heterocycles. The number of carbonyl (C=O) groups excluding carboxylic acids is 1. The largest absolute Gasteiger partial charge is 0.390 e. The summed E-state index contributed by atoms with van der Waals surface area (Å²) in [6, 6.07) is -0.216. The first-order chi connectivity index (χ1) is 8.22. The van der Waals surface area contributed by atoms with Gasteiger partial charge in [0.25, 0.3) is 0 Å². The monoisotopic (exact) mass is 241 g/mol. The summed E-state index contributed by atoms with van der Waals surface area (Å²) in [4.78, 5) is 13.5. The average Bonchev–Trinajstić information content (AvgIpc) is 2.76. The second kappa shape index (κ2) is 5.00. The lowest BCUT2D eigenvalue weighted by molar-refractivity contribution is -0.124. The van der Waals surface area contributed by atoms with Crippen LogP contribution in [0.4, 0.5) is 12.0 Å². The molecule has 0 aliphatic carbocycles. The van der Waals surface area contributed by atoms with Crippen molar-refractivity contribution in [2.45, 2.75) is 13.0 Å². The average molecular weight is 241 g/mol. The number of anilines is 2. The Bertz CT molecular complexity index is 394. The Hall–Kier alpha value is -1.83. The van der Waals surface area contributed by atoms with Gasteiger partial charge in [0.15, 0.2) is 0 Å². The summed E-state index contributed by atoms with van der Waals surface area (Å²) in [6.45, 7) is 3.75. The Morgan fingerprint density at radius 1 is 1.65 bits per heavy atom. The van der Waals surface area contributed by atoms with E-state index in [1.54, 1.807) is 4.90 Å². The molecule has 17 heavy (non-hydrogen) atoms. The van der Waals surface area contributed by atoms with E-state index >= 15 is 0 Å². The van der Waals surface area contributed by atoms with Crippen LogP contribution in [0, 0.1) is 0 Å². The van der Waals surface area contributed by atoms with Crippen molar-refractivity contribution in [3.05, 3.63) is 0 Å². The molecule has 8 nitrogen and oxygen atoms in total. The van der Waals surface area contributed by atoms with E-state index in [9.17, 15) is 4.79 Å². The molecule has 1 unspecified atom stereocenters. The lowest BCUT2D eigenvalue weighted by Crippen LogP contribution is -2.54. The van der Waals surface area contributed by atoms with Gasteiger partial charge >= 0.3 is 12.0 Å². The number of aromatic nitrogens is 2. The Kier molecular flexibility index (Phi) is 3.43. The molecule has 1 aromatic heterocycles. The Balaban J connectivity index is 2.14. The highest BCUT2D eigenvalue weighted by atomic mass is 16.5. The van der Waals surface area contributed by atoms with Gasteiger partial charge in [0.2, 0.25) is 5.91 Å². The third-order valence-corrected chi connectivity index (χ3v) is 2.46. The molecule has 1 amide bonds. The molecule has 3 N–H and O–H groups in total. The lowest BCUT2D eigenvalue weighted by Gasteiger charge is -2.32. The van der Waals surface area contributed by atoms with Crippen molar-refractivity contribution in [1.29, 1.82) is 0 Å². The van der Waals surface area contributed by atoms with Crippen LogP contribution >= 0.6 is 0 Å². The van der Waals surface area contributed by atoms with Gasteiger partial charge in [-0.15, -0.1) is 0 Å². The molecule has 1 aliphatic rings. The van der Waals surface area contributed by atoms with Crippen molar-refractivity contribution in [2.75, 3.05) is 36.9 Å². The molecule has 8 heteroatoms. The fraction of sp³-hybridized carbons (Fsp3) is 0.667. The van der Waals surface area contributed by atoms with E-state index in [-0.39, 0.29) is 17.9 Å². The minimum atomic E-state index is -0.455. The second-order valence-corrected chi connectivity index (χ2v) is 3.60. The maximum absolute atomic E-state index is 11.8. The van der Waals surface area contributed by atoms with E-state index in [1.807, 2.05) is 6.92 Å². The van der Waals surface area contributed by atoms with Gasteiger partial charge in [-0.25, -0.2) is 0 Å². The van der Waals surface area contributed by atoms with Crippen LogP contribution in [0.2, 0.25) is 0 Å². The number of nitrogens with zero attached hydrogens (tertiary/aromatic N) is 3. The number of nitrogen functional groups attached to an aromatic ring is 1. The van der Waals surface area contributed by atoms with Crippen molar-refractivity contribution in [1.82, 2.24) is 15.5 Å². The van der Waals surface area contributed by atoms with E-state index in [0.717, 1.165) is 0 Å². The SMILES string of the molecule is CCNC(=O)C1COCCN1c1nnc(N)o1.